The van der Waals surface area contributed by atoms with E-state index in [1.165, 1.54) is 36.8 Å². The Labute approximate surface area is 248 Å². The Kier molecular flexibility index (Phi) is 12.7. The first-order chi connectivity index (χ1) is 19.7. The predicted octanol–water partition coefficient (Wildman–Crippen LogP) is 6.94. The van der Waals surface area contributed by atoms with E-state index in [1.54, 1.807) is 28.1 Å². The molecule has 1 saturated carbocycles. The third-order valence-corrected chi connectivity index (χ3v) is 8.83. The van der Waals surface area contributed by atoms with Gasteiger partial charge in [0.1, 0.15) is 0 Å². The molecule has 0 radical (unpaired) electrons. The Balaban J connectivity index is 0.000000298. The van der Waals surface area contributed by atoms with Crippen LogP contribution in [0.4, 0.5) is 0 Å². The molecule has 1 aliphatic heterocycles. The van der Waals surface area contributed by atoms with Gasteiger partial charge in [0.2, 0.25) is 0 Å². The van der Waals surface area contributed by atoms with E-state index in [-0.39, 0.29) is 11.6 Å². The van der Waals surface area contributed by atoms with Crippen LogP contribution in [0.2, 0.25) is 0 Å². The highest BCUT2D eigenvalue weighted by atomic mass is 16.5. The molecule has 0 bridgehead atoms. The monoisotopic (exact) mass is 564 g/mol. The first-order valence-corrected chi connectivity index (χ1v) is 15.6. The van der Waals surface area contributed by atoms with Crippen molar-refractivity contribution in [2.45, 2.75) is 91.5 Å². The number of Topliss-reactive ketones (excluding diaryl/α,β-unsaturated/α-hetero) is 2. The van der Waals surface area contributed by atoms with Gasteiger partial charge in [0, 0.05) is 49.1 Å². The minimum absolute atomic E-state index is 0.00668. The fraction of sp³-hybridized carbons (Fsp3) is 0.600. The number of aryl methyl sites for hydroxylation is 1. The number of hydrogen-bond acceptors (Lipinski definition) is 6. The molecule has 3 aliphatic rings. The molecule has 1 aromatic rings. The summed E-state index contributed by atoms with van der Waals surface area (Å²) in [6, 6.07) is 6.57. The first-order valence-electron chi connectivity index (χ1n) is 15.6. The van der Waals surface area contributed by atoms with E-state index < -0.39 is 0 Å². The highest BCUT2D eigenvalue weighted by molar-refractivity contribution is 6.11. The zero-order chi connectivity index (χ0) is 29.9. The summed E-state index contributed by atoms with van der Waals surface area (Å²) < 4.78 is 10.3. The van der Waals surface area contributed by atoms with Crippen molar-refractivity contribution in [3.05, 3.63) is 58.8 Å². The van der Waals surface area contributed by atoms with Gasteiger partial charge in [0.05, 0.1) is 14.2 Å². The molecule has 2 atom stereocenters. The number of carbonyl (C=O) groups excluding carboxylic acids is 2. The van der Waals surface area contributed by atoms with Crippen molar-refractivity contribution in [2.24, 2.45) is 5.92 Å². The predicted molar refractivity (Wildman–Crippen MR) is 168 cm³/mol. The Morgan fingerprint density at radius 1 is 0.976 bits per heavy atom. The molecule has 226 valence electrons. The van der Waals surface area contributed by atoms with E-state index in [1.807, 2.05) is 18.2 Å². The van der Waals surface area contributed by atoms with Crippen molar-refractivity contribution < 1.29 is 19.1 Å². The number of ether oxygens (including phenoxy) is 2. The van der Waals surface area contributed by atoms with E-state index in [0.29, 0.717) is 17.2 Å². The molecule has 0 amide bonds. The molecule has 2 aliphatic carbocycles. The standard InChI is InChI=1S/C24H36N2O2.C11H16O2/c1-5-20-10-11-22(17(2)16-20)25-12-14-26(15-13-25)23-9-7-6-8-21(18(3)27)24(23)19(4)28;1-4-5-9-6-7-10(12-2)11(8-9)13-3/h8,20,22H,2,5-7,9-16H2,1,3-4H3;6-8H,4-5H2,1-3H3. The summed E-state index contributed by atoms with van der Waals surface area (Å²) in [5, 5.41) is 0. The lowest BCUT2D eigenvalue weighted by Gasteiger charge is -2.44. The van der Waals surface area contributed by atoms with Crippen LogP contribution in [0.5, 0.6) is 11.5 Å². The minimum atomic E-state index is 0.00668. The third kappa shape index (κ3) is 8.57. The van der Waals surface area contributed by atoms with Gasteiger partial charge in [-0.3, -0.25) is 14.5 Å². The molecule has 1 aromatic carbocycles. The average Bonchev–Trinajstić information content (AvgIpc) is 3.21. The van der Waals surface area contributed by atoms with Crippen LogP contribution in [0.3, 0.4) is 0 Å². The van der Waals surface area contributed by atoms with Crippen molar-refractivity contribution in [1.82, 2.24) is 9.80 Å². The number of rotatable bonds is 9. The lowest BCUT2D eigenvalue weighted by molar-refractivity contribution is -0.116. The van der Waals surface area contributed by atoms with Crippen LogP contribution in [0.15, 0.2) is 53.3 Å². The Hall–Kier alpha value is -2.86. The lowest BCUT2D eigenvalue weighted by Crippen LogP contribution is -2.51. The Morgan fingerprint density at radius 2 is 1.68 bits per heavy atom. The molecule has 1 heterocycles. The highest BCUT2D eigenvalue weighted by Gasteiger charge is 2.32. The molecule has 6 nitrogen and oxygen atoms in total. The molecule has 1 saturated heterocycles. The maximum atomic E-state index is 12.4. The Morgan fingerprint density at radius 3 is 2.24 bits per heavy atom. The van der Waals surface area contributed by atoms with Crippen LogP contribution < -0.4 is 9.47 Å². The van der Waals surface area contributed by atoms with Gasteiger partial charge < -0.3 is 14.4 Å². The quantitative estimate of drug-likeness (QED) is 0.303. The van der Waals surface area contributed by atoms with Crippen LogP contribution in [0.1, 0.15) is 84.6 Å². The van der Waals surface area contributed by atoms with Crippen molar-refractivity contribution in [1.29, 1.82) is 0 Å². The zero-order valence-electron chi connectivity index (χ0n) is 26.4. The van der Waals surface area contributed by atoms with Gasteiger partial charge >= 0.3 is 0 Å². The van der Waals surface area contributed by atoms with E-state index in [9.17, 15) is 9.59 Å². The summed E-state index contributed by atoms with van der Waals surface area (Å²) >= 11 is 0. The zero-order valence-corrected chi connectivity index (χ0v) is 26.4. The van der Waals surface area contributed by atoms with Gasteiger partial charge in [0.25, 0.3) is 0 Å². The summed E-state index contributed by atoms with van der Waals surface area (Å²) in [5.74, 6) is 2.45. The second kappa shape index (κ2) is 16.0. The van der Waals surface area contributed by atoms with Crippen molar-refractivity contribution in [3.63, 3.8) is 0 Å². The van der Waals surface area contributed by atoms with Gasteiger partial charge in [-0.15, -0.1) is 0 Å². The smallest absolute Gasteiger partial charge is 0.162 e. The van der Waals surface area contributed by atoms with Crippen LogP contribution >= 0.6 is 0 Å². The molecule has 41 heavy (non-hydrogen) atoms. The largest absolute Gasteiger partial charge is 0.493 e. The van der Waals surface area contributed by atoms with Crippen LogP contribution in [-0.4, -0.2) is 67.8 Å². The second-order valence-corrected chi connectivity index (χ2v) is 11.6. The fourth-order valence-corrected chi connectivity index (χ4v) is 6.55. The number of benzene rings is 1. The van der Waals surface area contributed by atoms with Crippen molar-refractivity contribution in [2.75, 3.05) is 40.4 Å². The molecule has 2 fully saturated rings. The minimum Gasteiger partial charge on any atom is -0.493 e. The highest BCUT2D eigenvalue weighted by Crippen LogP contribution is 2.34. The number of ketones is 2. The second-order valence-electron chi connectivity index (χ2n) is 11.6. The average molecular weight is 565 g/mol. The topological polar surface area (TPSA) is 59.1 Å². The Bertz CT molecular complexity index is 1130. The molecular weight excluding hydrogens is 512 g/mol. The summed E-state index contributed by atoms with van der Waals surface area (Å²) in [7, 11) is 3.31. The van der Waals surface area contributed by atoms with Crippen LogP contribution in [-0.2, 0) is 16.0 Å². The number of hydrogen-bond donors (Lipinski definition) is 0. The van der Waals surface area contributed by atoms with E-state index in [2.05, 4.69) is 36.3 Å². The summed E-state index contributed by atoms with van der Waals surface area (Å²) in [6.07, 6.45) is 11.9. The fourth-order valence-electron chi connectivity index (χ4n) is 6.55. The first kappa shape index (κ1) is 32.7. The van der Waals surface area contributed by atoms with E-state index >= 15 is 0 Å². The van der Waals surface area contributed by atoms with Gasteiger partial charge in [-0.05, 0) is 82.4 Å². The van der Waals surface area contributed by atoms with Crippen LogP contribution in [0.25, 0.3) is 0 Å². The summed E-state index contributed by atoms with van der Waals surface area (Å²) in [4.78, 5) is 29.5. The molecule has 0 N–H and O–H groups in total. The summed E-state index contributed by atoms with van der Waals surface area (Å²) in [6.45, 7) is 15.9. The number of nitrogens with zero attached hydrogens (tertiary/aromatic N) is 2. The molecule has 2 unspecified atom stereocenters. The number of allylic oxidation sites excluding steroid dienone is 4. The lowest BCUT2D eigenvalue weighted by atomic mass is 9.81. The SMILES string of the molecule is C=C1CC(CC)CCC1N1CCN(C2=C(C(C)=O)C(C(C)=O)=CCCC2)CC1.CCCc1ccc(OC)c(OC)c1. The normalized spacial score (nSPS) is 21.9. The van der Waals surface area contributed by atoms with Crippen molar-refractivity contribution in [3.8, 4) is 11.5 Å². The number of carbonyl (C=O) groups is 2. The summed E-state index contributed by atoms with van der Waals surface area (Å²) in [5.41, 5.74) is 5.10. The third-order valence-electron chi connectivity index (χ3n) is 8.83. The van der Waals surface area contributed by atoms with Gasteiger partial charge in [-0.2, -0.15) is 0 Å². The van der Waals surface area contributed by atoms with E-state index in [4.69, 9.17) is 9.47 Å². The van der Waals surface area contributed by atoms with Gasteiger partial charge in [-0.25, -0.2) is 0 Å². The van der Waals surface area contributed by atoms with Gasteiger partial charge in [0.15, 0.2) is 23.1 Å². The number of piperazine rings is 1. The maximum Gasteiger partial charge on any atom is 0.162 e. The van der Waals surface area contributed by atoms with Crippen molar-refractivity contribution >= 4 is 11.6 Å². The molecule has 0 aromatic heterocycles. The molecule has 6 heteroatoms. The van der Waals surface area contributed by atoms with Gasteiger partial charge in [-0.1, -0.05) is 51.0 Å². The number of methoxy groups -OCH3 is 2. The molecule has 4 rings (SSSR count). The maximum absolute atomic E-state index is 12.4. The molecule has 0 spiro atoms. The molecular formula is C35H52N2O4. The van der Waals surface area contributed by atoms with Crippen LogP contribution in [0, 0.1) is 5.92 Å². The van der Waals surface area contributed by atoms with E-state index in [0.717, 1.165) is 81.4 Å².